The quantitative estimate of drug-likeness (QED) is 0.575. The zero-order chi connectivity index (χ0) is 12.0. The van der Waals surface area contributed by atoms with Crippen LogP contribution in [0.3, 0.4) is 0 Å². The highest BCUT2D eigenvalue weighted by atomic mass is 35.5. The van der Waals surface area contributed by atoms with Crippen molar-refractivity contribution in [2.24, 2.45) is 0 Å². The van der Waals surface area contributed by atoms with E-state index in [2.05, 4.69) is 12.7 Å². The Bertz CT molecular complexity index is 316. The monoisotopic (exact) mass is 242 g/mol. The van der Waals surface area contributed by atoms with E-state index >= 15 is 0 Å². The van der Waals surface area contributed by atoms with Gasteiger partial charge >= 0.3 is 0 Å². The molecule has 0 aromatic heterocycles. The summed E-state index contributed by atoms with van der Waals surface area (Å²) in [6.07, 6.45) is 8.98. The predicted octanol–water partition coefficient (Wildman–Crippen LogP) is 2.90. The van der Waals surface area contributed by atoms with Crippen molar-refractivity contribution in [1.29, 1.82) is 0 Å². The first-order valence-corrected chi connectivity index (χ1v) is 6.16. The maximum Gasteiger partial charge on any atom is 0.112 e. The van der Waals surface area contributed by atoms with E-state index in [1.54, 1.807) is 6.08 Å². The molecule has 1 aliphatic rings. The number of halogens is 1. The van der Waals surface area contributed by atoms with Crippen LogP contribution in [0.15, 0.2) is 29.0 Å². The Morgan fingerprint density at radius 1 is 1.62 bits per heavy atom. The molecule has 0 fully saturated rings. The Kier molecular flexibility index (Phi) is 5.30. The second-order valence-corrected chi connectivity index (χ2v) is 4.69. The Hall–Kier alpha value is -0.530. The first kappa shape index (κ1) is 13.5. The summed E-state index contributed by atoms with van der Waals surface area (Å²) in [6.45, 7) is 2.16. The van der Waals surface area contributed by atoms with E-state index in [1.165, 1.54) is 18.9 Å². The summed E-state index contributed by atoms with van der Waals surface area (Å²) in [5, 5.41) is 19.7. The molecule has 0 aromatic carbocycles. The molecule has 0 aromatic rings. The van der Waals surface area contributed by atoms with Crippen molar-refractivity contribution < 1.29 is 10.2 Å². The summed E-state index contributed by atoms with van der Waals surface area (Å²) in [5.74, 6) is 0. The van der Waals surface area contributed by atoms with E-state index in [4.69, 9.17) is 11.6 Å². The van der Waals surface area contributed by atoms with Crippen LogP contribution >= 0.6 is 11.6 Å². The van der Waals surface area contributed by atoms with Crippen LogP contribution in [-0.2, 0) is 0 Å². The summed E-state index contributed by atoms with van der Waals surface area (Å²) in [7, 11) is 0. The first-order chi connectivity index (χ1) is 7.57. The lowest BCUT2D eigenvalue weighted by molar-refractivity contribution is 0.0974. The molecule has 0 radical (unpaired) electrons. The third-order valence-electron chi connectivity index (χ3n) is 2.63. The van der Waals surface area contributed by atoms with E-state index in [1.807, 2.05) is 6.08 Å². The fourth-order valence-corrected chi connectivity index (χ4v) is 1.95. The SMILES string of the molecule is CCCCCC=C=CC1(O)C=C(Cl)C(O)C1. The topological polar surface area (TPSA) is 40.5 Å². The Labute approximate surface area is 102 Å². The Morgan fingerprint density at radius 2 is 2.38 bits per heavy atom. The number of hydrogen-bond acceptors (Lipinski definition) is 2. The number of unbranched alkanes of at least 4 members (excludes halogenated alkanes) is 3. The van der Waals surface area contributed by atoms with Gasteiger partial charge < -0.3 is 10.2 Å². The van der Waals surface area contributed by atoms with Crippen molar-refractivity contribution in [2.45, 2.75) is 50.7 Å². The minimum atomic E-state index is -1.13. The van der Waals surface area contributed by atoms with E-state index in [9.17, 15) is 10.2 Å². The third-order valence-corrected chi connectivity index (χ3v) is 2.99. The van der Waals surface area contributed by atoms with Crippen LogP contribution in [0.4, 0.5) is 0 Å². The van der Waals surface area contributed by atoms with Crippen molar-refractivity contribution in [1.82, 2.24) is 0 Å². The van der Waals surface area contributed by atoms with E-state index < -0.39 is 11.7 Å². The molecule has 2 atom stereocenters. The van der Waals surface area contributed by atoms with E-state index in [-0.39, 0.29) is 6.42 Å². The van der Waals surface area contributed by atoms with Gasteiger partial charge in [0.25, 0.3) is 0 Å². The standard InChI is InChI=1S/C13H19ClO2/c1-2-3-4-5-6-7-8-13(16)9-11(14)12(15)10-13/h6,8-9,12,15-16H,2-5,10H2,1H3. The van der Waals surface area contributed by atoms with Gasteiger partial charge in [-0.1, -0.05) is 31.4 Å². The van der Waals surface area contributed by atoms with Crippen LogP contribution in [0.1, 0.15) is 39.0 Å². The van der Waals surface area contributed by atoms with Gasteiger partial charge in [-0.3, -0.25) is 0 Å². The van der Waals surface area contributed by atoms with E-state index in [0.29, 0.717) is 5.03 Å². The number of aliphatic hydroxyl groups excluding tert-OH is 1. The Balaban J connectivity index is 2.45. The van der Waals surface area contributed by atoms with Crippen LogP contribution in [-0.4, -0.2) is 21.9 Å². The lowest BCUT2D eigenvalue weighted by Gasteiger charge is -2.13. The lowest BCUT2D eigenvalue weighted by Crippen LogP contribution is -2.22. The minimum Gasteiger partial charge on any atom is -0.387 e. The van der Waals surface area contributed by atoms with Crippen molar-refractivity contribution in [3.8, 4) is 0 Å². The molecule has 1 rings (SSSR count). The molecule has 0 spiro atoms. The number of aliphatic hydroxyl groups is 2. The summed E-state index contributed by atoms with van der Waals surface area (Å²) in [5.41, 5.74) is 1.83. The second kappa shape index (κ2) is 6.27. The van der Waals surface area contributed by atoms with Crippen molar-refractivity contribution >= 4 is 11.6 Å². The van der Waals surface area contributed by atoms with Gasteiger partial charge in [0.2, 0.25) is 0 Å². The molecule has 0 saturated heterocycles. The molecular weight excluding hydrogens is 224 g/mol. The number of rotatable bonds is 5. The van der Waals surface area contributed by atoms with Gasteiger partial charge in [0.05, 0.1) is 6.10 Å². The summed E-state index contributed by atoms with van der Waals surface area (Å²) < 4.78 is 0. The largest absolute Gasteiger partial charge is 0.387 e. The maximum absolute atomic E-state index is 9.98. The molecular formula is C13H19ClO2. The molecule has 3 heteroatoms. The molecule has 90 valence electrons. The molecule has 2 nitrogen and oxygen atoms in total. The molecule has 1 aliphatic carbocycles. The maximum atomic E-state index is 9.98. The van der Waals surface area contributed by atoms with Gasteiger partial charge in [-0.2, -0.15) is 0 Å². The fraction of sp³-hybridized carbons (Fsp3) is 0.615. The third kappa shape index (κ3) is 4.15. The Morgan fingerprint density at radius 3 is 2.94 bits per heavy atom. The number of hydrogen-bond donors (Lipinski definition) is 2. The first-order valence-electron chi connectivity index (χ1n) is 5.78. The molecule has 0 bridgehead atoms. The van der Waals surface area contributed by atoms with Gasteiger partial charge in [-0.15, -0.1) is 5.73 Å². The van der Waals surface area contributed by atoms with Crippen LogP contribution in [0.5, 0.6) is 0 Å². The molecule has 0 amide bonds. The van der Waals surface area contributed by atoms with Crippen LogP contribution in [0, 0.1) is 0 Å². The highest BCUT2D eigenvalue weighted by Crippen LogP contribution is 2.31. The summed E-state index contributed by atoms with van der Waals surface area (Å²) >= 11 is 5.72. The van der Waals surface area contributed by atoms with Crippen LogP contribution in [0.2, 0.25) is 0 Å². The predicted molar refractivity (Wildman–Crippen MR) is 66.3 cm³/mol. The smallest absolute Gasteiger partial charge is 0.112 e. The second-order valence-electron chi connectivity index (χ2n) is 4.25. The summed E-state index contributed by atoms with van der Waals surface area (Å²) in [4.78, 5) is 0. The lowest BCUT2D eigenvalue weighted by atomic mass is 10.0. The van der Waals surface area contributed by atoms with Gasteiger partial charge in [-0.05, 0) is 31.1 Å². The normalized spacial score (nSPS) is 28.5. The molecule has 16 heavy (non-hydrogen) atoms. The van der Waals surface area contributed by atoms with Crippen molar-refractivity contribution in [3.63, 3.8) is 0 Å². The molecule has 0 aliphatic heterocycles. The van der Waals surface area contributed by atoms with Gasteiger partial charge in [0, 0.05) is 11.5 Å². The highest BCUT2D eigenvalue weighted by Gasteiger charge is 2.33. The zero-order valence-electron chi connectivity index (χ0n) is 9.62. The highest BCUT2D eigenvalue weighted by molar-refractivity contribution is 6.30. The average Bonchev–Trinajstić information content (AvgIpc) is 2.47. The van der Waals surface area contributed by atoms with Gasteiger partial charge in [-0.25, -0.2) is 0 Å². The van der Waals surface area contributed by atoms with Gasteiger partial charge in [0.1, 0.15) is 5.60 Å². The van der Waals surface area contributed by atoms with E-state index in [0.717, 1.165) is 12.8 Å². The van der Waals surface area contributed by atoms with Crippen LogP contribution in [0.25, 0.3) is 0 Å². The average molecular weight is 243 g/mol. The molecule has 0 saturated carbocycles. The zero-order valence-corrected chi connectivity index (χ0v) is 10.4. The minimum absolute atomic E-state index is 0.224. The van der Waals surface area contributed by atoms with Crippen molar-refractivity contribution in [3.05, 3.63) is 29.0 Å². The fourth-order valence-electron chi connectivity index (χ4n) is 1.68. The van der Waals surface area contributed by atoms with Crippen LogP contribution < -0.4 is 0 Å². The van der Waals surface area contributed by atoms with Gasteiger partial charge in [0.15, 0.2) is 0 Å². The molecule has 2 N–H and O–H groups in total. The van der Waals surface area contributed by atoms with Crippen molar-refractivity contribution in [2.75, 3.05) is 0 Å². The molecule has 0 heterocycles. The molecule has 2 unspecified atom stereocenters. The summed E-state index contributed by atoms with van der Waals surface area (Å²) in [6, 6.07) is 0.